The second-order valence-corrected chi connectivity index (χ2v) is 3.40. The van der Waals surface area contributed by atoms with Crippen LogP contribution in [-0.4, -0.2) is 41.4 Å². The number of aromatic nitrogens is 1. The second-order valence-electron chi connectivity index (χ2n) is 3.40. The van der Waals surface area contributed by atoms with Crippen LogP contribution < -0.4 is 4.98 Å². The highest BCUT2D eigenvalue weighted by Crippen LogP contribution is 2.06. The minimum atomic E-state index is -6.00. The number of halogens is 4. The molecule has 0 spiro atoms. The van der Waals surface area contributed by atoms with Gasteiger partial charge in [-0.25, -0.2) is 4.98 Å². The molecule has 0 amide bonds. The van der Waals surface area contributed by atoms with Gasteiger partial charge in [0.05, 0.1) is 19.1 Å². The van der Waals surface area contributed by atoms with Gasteiger partial charge in [-0.1, -0.05) is 6.07 Å². The first-order valence-electron chi connectivity index (χ1n) is 5.04. The molecular weight excluding hydrogens is 257 g/mol. The molecule has 0 bridgehead atoms. The lowest BCUT2D eigenvalue weighted by atomic mass is 10.1. The standard InChI is InChI=1S/C9H13NO3.BF4/c11-6-9(13)8(12)5-7-3-1-2-4-10-7;2-1(3,4)5/h1-4,8-9,11-13H,5-6H2;/q;-1/p+1/t8-,9+;/m0./s1. The average molecular weight is 271 g/mol. The van der Waals surface area contributed by atoms with Gasteiger partial charge < -0.3 is 32.6 Å². The van der Waals surface area contributed by atoms with Crippen molar-refractivity contribution in [1.29, 1.82) is 0 Å². The summed E-state index contributed by atoms with van der Waals surface area (Å²) in [7, 11) is -6.00. The fourth-order valence-electron chi connectivity index (χ4n) is 1.04. The van der Waals surface area contributed by atoms with Crippen molar-refractivity contribution in [2.75, 3.05) is 6.61 Å². The highest BCUT2D eigenvalue weighted by atomic mass is 19.5. The van der Waals surface area contributed by atoms with Crippen molar-refractivity contribution in [2.24, 2.45) is 0 Å². The van der Waals surface area contributed by atoms with Crippen molar-refractivity contribution >= 4 is 7.25 Å². The molecule has 1 aromatic rings. The van der Waals surface area contributed by atoms with E-state index in [4.69, 9.17) is 10.2 Å². The fraction of sp³-hybridized carbons (Fsp3) is 0.444. The Balaban J connectivity index is 0.000000494. The second kappa shape index (κ2) is 8.01. The fourth-order valence-corrected chi connectivity index (χ4v) is 1.04. The third-order valence-electron chi connectivity index (χ3n) is 1.83. The first kappa shape index (κ1) is 16.8. The average Bonchev–Trinajstić information content (AvgIpc) is 2.27. The van der Waals surface area contributed by atoms with E-state index >= 15 is 0 Å². The van der Waals surface area contributed by atoms with E-state index in [2.05, 4.69) is 4.98 Å². The van der Waals surface area contributed by atoms with Crippen molar-refractivity contribution in [1.82, 2.24) is 0 Å². The molecule has 0 saturated carbocycles. The molecule has 1 aromatic heterocycles. The normalized spacial score (nSPS) is 14.4. The Bertz CT molecular complexity index is 319. The maximum Gasteiger partial charge on any atom is 0.673 e. The molecule has 2 atom stereocenters. The van der Waals surface area contributed by atoms with Gasteiger partial charge in [-0.3, -0.25) is 0 Å². The summed E-state index contributed by atoms with van der Waals surface area (Å²) in [6.07, 6.45) is 0.0490. The summed E-state index contributed by atoms with van der Waals surface area (Å²) in [6.45, 7) is -0.423. The van der Waals surface area contributed by atoms with E-state index in [1.54, 1.807) is 6.20 Å². The van der Waals surface area contributed by atoms with E-state index < -0.39 is 26.1 Å². The predicted molar refractivity (Wildman–Crippen MR) is 56.0 cm³/mol. The molecule has 9 heteroatoms. The predicted octanol–water partition coefficient (Wildman–Crippen LogP) is 0.0573. The number of aliphatic hydroxyl groups excluding tert-OH is 3. The summed E-state index contributed by atoms with van der Waals surface area (Å²) in [5.74, 6) is 0. The Morgan fingerprint density at radius 2 is 1.67 bits per heavy atom. The lowest BCUT2D eigenvalue weighted by molar-refractivity contribution is -0.391. The monoisotopic (exact) mass is 271 g/mol. The van der Waals surface area contributed by atoms with Crippen LogP contribution in [-0.2, 0) is 6.42 Å². The summed E-state index contributed by atoms with van der Waals surface area (Å²) in [4.78, 5) is 2.93. The van der Waals surface area contributed by atoms with Crippen molar-refractivity contribution in [3.05, 3.63) is 30.1 Å². The summed E-state index contributed by atoms with van der Waals surface area (Å²) in [5, 5.41) is 27.0. The zero-order valence-electron chi connectivity index (χ0n) is 9.31. The minimum Gasteiger partial charge on any atom is -0.418 e. The van der Waals surface area contributed by atoms with Gasteiger partial charge in [0.2, 0.25) is 0 Å². The third-order valence-corrected chi connectivity index (χ3v) is 1.83. The van der Waals surface area contributed by atoms with Crippen molar-refractivity contribution in [3.63, 3.8) is 0 Å². The number of nitrogens with one attached hydrogen (secondary N) is 1. The zero-order valence-corrected chi connectivity index (χ0v) is 9.31. The Hall–Kier alpha value is -1.19. The summed E-state index contributed by atoms with van der Waals surface area (Å²) < 4.78 is 39.0. The van der Waals surface area contributed by atoms with E-state index in [-0.39, 0.29) is 0 Å². The molecule has 0 saturated heterocycles. The smallest absolute Gasteiger partial charge is 0.418 e. The van der Waals surface area contributed by atoms with Gasteiger partial charge in [-0.15, -0.1) is 0 Å². The summed E-state index contributed by atoms with van der Waals surface area (Å²) >= 11 is 0. The molecule has 0 radical (unpaired) electrons. The van der Waals surface area contributed by atoms with E-state index in [0.717, 1.165) is 5.69 Å². The van der Waals surface area contributed by atoms with Gasteiger partial charge in [0, 0.05) is 12.1 Å². The Labute approximate surface area is 101 Å². The lowest BCUT2D eigenvalue weighted by Crippen LogP contribution is -2.32. The van der Waals surface area contributed by atoms with Crippen LogP contribution in [0.2, 0.25) is 0 Å². The van der Waals surface area contributed by atoms with Gasteiger partial charge >= 0.3 is 7.25 Å². The van der Waals surface area contributed by atoms with Crippen molar-refractivity contribution in [2.45, 2.75) is 18.6 Å². The first-order chi connectivity index (χ1) is 8.24. The van der Waals surface area contributed by atoms with Crippen LogP contribution >= 0.6 is 0 Å². The van der Waals surface area contributed by atoms with E-state index in [9.17, 15) is 22.4 Å². The summed E-state index contributed by atoms with van der Waals surface area (Å²) in [6, 6.07) is 5.48. The number of pyridine rings is 1. The van der Waals surface area contributed by atoms with Gasteiger partial charge in [-0.2, -0.15) is 0 Å². The molecule has 0 fully saturated rings. The summed E-state index contributed by atoms with van der Waals surface area (Å²) in [5.41, 5.74) is 0.822. The number of aromatic amines is 1. The Morgan fingerprint density at radius 1 is 1.11 bits per heavy atom. The molecule has 4 nitrogen and oxygen atoms in total. The topological polar surface area (TPSA) is 74.8 Å². The number of hydrogen-bond donors (Lipinski definition) is 3. The molecule has 0 aromatic carbocycles. The third kappa shape index (κ3) is 10.0. The number of aliphatic hydroxyl groups is 3. The zero-order chi connectivity index (χ0) is 14.2. The molecule has 0 aliphatic heterocycles. The van der Waals surface area contributed by atoms with Crippen LogP contribution in [0.1, 0.15) is 5.69 Å². The van der Waals surface area contributed by atoms with Crippen molar-refractivity contribution < 1.29 is 37.6 Å². The molecule has 18 heavy (non-hydrogen) atoms. The van der Waals surface area contributed by atoms with Crippen molar-refractivity contribution in [3.8, 4) is 0 Å². The molecule has 0 aliphatic rings. The Kier molecular flexibility index (Phi) is 7.48. The Morgan fingerprint density at radius 3 is 2.06 bits per heavy atom. The van der Waals surface area contributed by atoms with E-state index in [1.807, 2.05) is 18.2 Å². The molecule has 4 N–H and O–H groups in total. The van der Waals surface area contributed by atoms with Crippen LogP contribution in [0.3, 0.4) is 0 Å². The minimum absolute atomic E-state index is 0.308. The highest BCUT2D eigenvalue weighted by molar-refractivity contribution is 6.50. The van der Waals surface area contributed by atoms with Crippen LogP contribution in [0.15, 0.2) is 24.4 Å². The molecule has 0 aliphatic carbocycles. The molecule has 0 unspecified atom stereocenters. The first-order valence-corrected chi connectivity index (χ1v) is 5.04. The van der Waals surface area contributed by atoms with Crippen LogP contribution in [0, 0.1) is 0 Å². The maximum atomic E-state index is 9.75. The molecule has 1 heterocycles. The lowest BCUT2D eigenvalue weighted by Gasteiger charge is -2.12. The van der Waals surface area contributed by atoms with Gasteiger partial charge in [0.25, 0.3) is 0 Å². The maximum absolute atomic E-state index is 9.75. The van der Waals surface area contributed by atoms with Gasteiger partial charge in [0.1, 0.15) is 6.10 Å². The largest absolute Gasteiger partial charge is 0.673 e. The SMILES string of the molecule is F[B-](F)(F)F.OC[C@@H](O)[C@@H](O)Cc1cccc[nH+]1. The van der Waals surface area contributed by atoms with Gasteiger partial charge in [-0.05, 0) is 0 Å². The van der Waals surface area contributed by atoms with E-state index in [0.29, 0.717) is 6.42 Å². The van der Waals surface area contributed by atoms with Crippen LogP contribution in [0.5, 0.6) is 0 Å². The molecule has 1 rings (SSSR count). The van der Waals surface area contributed by atoms with Gasteiger partial charge in [0.15, 0.2) is 11.9 Å². The number of hydrogen-bond acceptors (Lipinski definition) is 3. The number of H-pyrrole nitrogens is 1. The van der Waals surface area contributed by atoms with Crippen LogP contribution in [0.4, 0.5) is 17.3 Å². The van der Waals surface area contributed by atoms with Crippen LogP contribution in [0.25, 0.3) is 0 Å². The van der Waals surface area contributed by atoms with E-state index in [1.165, 1.54) is 0 Å². The quantitative estimate of drug-likeness (QED) is 0.535. The number of rotatable bonds is 4. The molecule has 104 valence electrons. The molecular formula is C9H14BF4NO3. The highest BCUT2D eigenvalue weighted by Gasteiger charge is 2.20.